The number of hydrogen-bond acceptors (Lipinski definition) is 6. The number of nitrogens with one attached hydrogen (secondary N) is 2. The van der Waals surface area contributed by atoms with E-state index in [-0.39, 0.29) is 43.7 Å². The number of hydrogen-bond donors (Lipinski definition) is 2. The summed E-state index contributed by atoms with van der Waals surface area (Å²) in [6.07, 6.45) is 3.77. The van der Waals surface area contributed by atoms with E-state index in [1.54, 1.807) is 0 Å². The molecule has 9 heteroatoms. The molecule has 1 aliphatic carbocycles. The largest absolute Gasteiger partial charge is 0.382 e. The standard InChI is InChI=1S/C26H32N4O5/c1-15-11-16-7-6-8-17(24(16)27-15)25-23-19(12-29(26(23)33)21(31)13-34-2)28-18-9-4-5-10-20(18)30(25)22(32)14-35-3/h6-8,11,18,20,25,27-28H,4-5,9-10,12-14H2,1-3H3/t18-,20-,25-/m1/s1. The van der Waals surface area contributed by atoms with Crippen molar-refractivity contribution in [2.75, 3.05) is 34.0 Å². The Morgan fingerprint density at radius 3 is 2.60 bits per heavy atom. The summed E-state index contributed by atoms with van der Waals surface area (Å²) in [7, 11) is 2.94. The highest BCUT2D eigenvalue weighted by molar-refractivity contribution is 6.09. The van der Waals surface area contributed by atoms with E-state index in [1.165, 1.54) is 19.1 Å². The lowest BCUT2D eigenvalue weighted by atomic mass is 9.87. The van der Waals surface area contributed by atoms with Crippen molar-refractivity contribution in [1.29, 1.82) is 0 Å². The monoisotopic (exact) mass is 480 g/mol. The predicted octanol–water partition coefficient (Wildman–Crippen LogP) is 2.18. The molecule has 0 unspecified atom stereocenters. The molecule has 1 aromatic heterocycles. The summed E-state index contributed by atoms with van der Waals surface area (Å²) in [5.41, 5.74) is 3.89. The molecule has 2 aliphatic heterocycles. The van der Waals surface area contributed by atoms with Crippen molar-refractivity contribution >= 4 is 28.6 Å². The van der Waals surface area contributed by atoms with E-state index < -0.39 is 11.9 Å². The number of carbonyl (C=O) groups excluding carboxylic acids is 3. The summed E-state index contributed by atoms with van der Waals surface area (Å²) >= 11 is 0. The van der Waals surface area contributed by atoms with Crippen LogP contribution in [0, 0.1) is 6.92 Å². The molecule has 186 valence electrons. The third kappa shape index (κ3) is 4.02. The highest BCUT2D eigenvalue weighted by Gasteiger charge is 2.49. The number of imide groups is 1. The van der Waals surface area contributed by atoms with Crippen molar-refractivity contribution in [1.82, 2.24) is 20.1 Å². The molecule has 3 heterocycles. The van der Waals surface area contributed by atoms with Gasteiger partial charge in [0, 0.05) is 42.6 Å². The van der Waals surface area contributed by atoms with Gasteiger partial charge in [0.2, 0.25) is 5.91 Å². The quantitative estimate of drug-likeness (QED) is 0.680. The molecule has 0 saturated heterocycles. The van der Waals surface area contributed by atoms with Gasteiger partial charge in [-0.1, -0.05) is 31.0 Å². The Balaban J connectivity index is 1.71. The molecule has 0 bridgehead atoms. The topological polar surface area (TPSA) is 104 Å². The number of nitrogens with zero attached hydrogens (tertiary/aromatic N) is 2. The third-order valence-electron chi connectivity index (χ3n) is 7.36. The second-order valence-corrected chi connectivity index (χ2v) is 9.61. The van der Waals surface area contributed by atoms with Crippen molar-refractivity contribution in [3.8, 4) is 0 Å². The first-order valence-electron chi connectivity index (χ1n) is 12.2. The predicted molar refractivity (Wildman–Crippen MR) is 129 cm³/mol. The Labute approximate surface area is 204 Å². The number of aromatic amines is 1. The SMILES string of the molecule is COCC(=O)N1CC2=C(C1=O)[C@@H](c1cccc3cc(C)[nH]c13)N(C(=O)COC)[C@@H]1CCCC[C@H]1N2. The molecule has 5 rings (SSSR count). The molecule has 0 radical (unpaired) electrons. The minimum atomic E-state index is -0.650. The van der Waals surface area contributed by atoms with Crippen LogP contribution < -0.4 is 5.32 Å². The summed E-state index contributed by atoms with van der Waals surface area (Å²) in [4.78, 5) is 46.8. The Morgan fingerprint density at radius 1 is 1.09 bits per heavy atom. The molecular formula is C26H32N4O5. The zero-order chi connectivity index (χ0) is 24.7. The van der Waals surface area contributed by atoms with E-state index in [0.29, 0.717) is 11.3 Å². The van der Waals surface area contributed by atoms with E-state index in [1.807, 2.05) is 30.0 Å². The average Bonchev–Trinajstić information content (AvgIpc) is 3.32. The van der Waals surface area contributed by atoms with E-state index >= 15 is 0 Å². The zero-order valence-corrected chi connectivity index (χ0v) is 20.4. The molecule has 2 aromatic rings. The smallest absolute Gasteiger partial charge is 0.261 e. The van der Waals surface area contributed by atoms with Crippen LogP contribution in [0.15, 0.2) is 35.5 Å². The zero-order valence-electron chi connectivity index (χ0n) is 20.4. The van der Waals surface area contributed by atoms with Gasteiger partial charge in [0.1, 0.15) is 13.2 Å². The third-order valence-corrected chi connectivity index (χ3v) is 7.36. The maximum atomic E-state index is 13.8. The summed E-state index contributed by atoms with van der Waals surface area (Å²) in [6, 6.07) is 7.24. The molecule has 35 heavy (non-hydrogen) atoms. The van der Waals surface area contributed by atoms with Gasteiger partial charge < -0.3 is 24.7 Å². The number of para-hydroxylation sites is 1. The summed E-state index contributed by atoms with van der Waals surface area (Å²) in [6.45, 7) is 1.88. The number of fused-ring (bicyclic) bond motifs is 2. The van der Waals surface area contributed by atoms with Crippen LogP contribution in [0.2, 0.25) is 0 Å². The number of aromatic nitrogens is 1. The molecule has 1 aromatic carbocycles. The number of amides is 3. The van der Waals surface area contributed by atoms with Gasteiger partial charge in [-0.15, -0.1) is 0 Å². The van der Waals surface area contributed by atoms with Crippen LogP contribution in [-0.4, -0.2) is 78.6 Å². The van der Waals surface area contributed by atoms with Gasteiger partial charge in [0.15, 0.2) is 0 Å². The van der Waals surface area contributed by atoms with Crippen LogP contribution in [0.3, 0.4) is 0 Å². The maximum Gasteiger partial charge on any atom is 0.261 e. The van der Waals surface area contributed by atoms with E-state index in [9.17, 15) is 14.4 Å². The fraction of sp³-hybridized carbons (Fsp3) is 0.500. The summed E-state index contributed by atoms with van der Waals surface area (Å²) in [5, 5.41) is 4.61. The van der Waals surface area contributed by atoms with Crippen molar-refractivity contribution in [3.05, 3.63) is 46.8 Å². The van der Waals surface area contributed by atoms with Gasteiger partial charge in [-0.05, 0) is 25.8 Å². The van der Waals surface area contributed by atoms with Gasteiger partial charge in [0.05, 0.1) is 29.7 Å². The number of carbonyl (C=O) groups is 3. The first kappa shape index (κ1) is 23.6. The van der Waals surface area contributed by atoms with E-state index in [2.05, 4.69) is 16.4 Å². The fourth-order valence-electron chi connectivity index (χ4n) is 5.94. The summed E-state index contributed by atoms with van der Waals surface area (Å²) < 4.78 is 10.3. The second kappa shape index (κ2) is 9.47. The van der Waals surface area contributed by atoms with Gasteiger partial charge in [-0.25, -0.2) is 0 Å². The lowest BCUT2D eigenvalue weighted by Gasteiger charge is -2.43. The number of benzene rings is 1. The normalized spacial score (nSPS) is 24.3. The molecular weight excluding hydrogens is 448 g/mol. The first-order chi connectivity index (χ1) is 16.9. The first-order valence-corrected chi connectivity index (χ1v) is 12.2. The number of aryl methyl sites for hydroxylation is 1. The van der Waals surface area contributed by atoms with Crippen LogP contribution >= 0.6 is 0 Å². The van der Waals surface area contributed by atoms with Crippen LogP contribution in [0.25, 0.3) is 10.9 Å². The maximum absolute atomic E-state index is 13.8. The molecule has 3 atom stereocenters. The highest BCUT2D eigenvalue weighted by atomic mass is 16.5. The second-order valence-electron chi connectivity index (χ2n) is 9.61. The van der Waals surface area contributed by atoms with E-state index in [0.717, 1.165) is 47.8 Å². The molecule has 2 N–H and O–H groups in total. The van der Waals surface area contributed by atoms with Gasteiger partial charge in [-0.3, -0.25) is 19.3 Å². The Bertz CT molecular complexity index is 1200. The van der Waals surface area contributed by atoms with Crippen LogP contribution in [-0.2, 0) is 23.9 Å². The molecule has 9 nitrogen and oxygen atoms in total. The molecule has 3 amide bonds. The Hall–Kier alpha value is -3.17. The van der Waals surface area contributed by atoms with Crippen molar-refractivity contribution in [2.45, 2.75) is 50.7 Å². The Kier molecular flexibility index (Phi) is 6.37. The number of H-pyrrole nitrogens is 1. The van der Waals surface area contributed by atoms with Crippen molar-refractivity contribution in [2.24, 2.45) is 0 Å². The Morgan fingerprint density at radius 2 is 1.83 bits per heavy atom. The fourth-order valence-corrected chi connectivity index (χ4v) is 5.94. The number of rotatable bonds is 5. The minimum absolute atomic E-state index is 0.00517. The van der Waals surface area contributed by atoms with Crippen LogP contribution in [0.5, 0.6) is 0 Å². The van der Waals surface area contributed by atoms with E-state index in [4.69, 9.17) is 9.47 Å². The number of methoxy groups -OCH3 is 2. The van der Waals surface area contributed by atoms with Gasteiger partial charge in [-0.2, -0.15) is 0 Å². The number of ether oxygens (including phenoxy) is 2. The molecule has 3 aliphatic rings. The molecule has 1 saturated carbocycles. The lowest BCUT2D eigenvalue weighted by molar-refractivity contribution is -0.144. The minimum Gasteiger partial charge on any atom is -0.382 e. The molecule has 1 fully saturated rings. The van der Waals surface area contributed by atoms with Gasteiger partial charge >= 0.3 is 0 Å². The van der Waals surface area contributed by atoms with Crippen molar-refractivity contribution in [3.63, 3.8) is 0 Å². The van der Waals surface area contributed by atoms with Crippen LogP contribution in [0.4, 0.5) is 0 Å². The average molecular weight is 481 g/mol. The summed E-state index contributed by atoms with van der Waals surface area (Å²) in [5.74, 6) is -0.941. The van der Waals surface area contributed by atoms with Crippen LogP contribution in [0.1, 0.15) is 43.0 Å². The molecule has 0 spiro atoms. The van der Waals surface area contributed by atoms with Crippen molar-refractivity contribution < 1.29 is 23.9 Å². The van der Waals surface area contributed by atoms with Gasteiger partial charge in [0.25, 0.3) is 11.8 Å². The lowest BCUT2D eigenvalue weighted by Crippen LogP contribution is -2.55. The highest BCUT2D eigenvalue weighted by Crippen LogP contribution is 2.43.